The minimum atomic E-state index is -0.216. The first-order valence-corrected chi connectivity index (χ1v) is 14.3. The lowest BCUT2D eigenvalue weighted by molar-refractivity contribution is 0.316. The maximum absolute atomic E-state index is 2.87. The molecule has 1 radical (unpaired) electrons. The standard InChI is InChI=1S/C11H31N2Si3/c1-9(2)12(10(3)4)14-15-13(11(5)6)16(7)8/h9-11H,14-15H2,1-8H3. The van der Waals surface area contributed by atoms with Crippen LogP contribution in [-0.4, -0.2) is 54.3 Å². The van der Waals surface area contributed by atoms with E-state index in [2.05, 4.69) is 63.4 Å². The summed E-state index contributed by atoms with van der Waals surface area (Å²) >= 11 is 0. The topological polar surface area (TPSA) is 6.48 Å². The Balaban J connectivity index is 4.27. The highest BCUT2D eigenvalue weighted by Gasteiger charge is 2.19. The summed E-state index contributed by atoms with van der Waals surface area (Å²) in [6.45, 7) is 19.0. The second-order valence-corrected chi connectivity index (χ2v) is 13.8. The van der Waals surface area contributed by atoms with Gasteiger partial charge in [-0.1, -0.05) is 54.6 Å². The van der Waals surface area contributed by atoms with Gasteiger partial charge in [-0.3, -0.25) is 0 Å². The van der Waals surface area contributed by atoms with Gasteiger partial charge in [-0.05, 0) is 18.1 Å². The maximum Gasteiger partial charge on any atom is 0.122 e. The zero-order valence-electron chi connectivity index (χ0n) is 12.5. The fourth-order valence-electron chi connectivity index (χ4n) is 2.33. The lowest BCUT2D eigenvalue weighted by Gasteiger charge is -2.35. The van der Waals surface area contributed by atoms with Gasteiger partial charge in [0.05, 0.1) is 18.4 Å². The summed E-state index contributed by atoms with van der Waals surface area (Å²) in [6.07, 6.45) is 0. The molecule has 0 aliphatic heterocycles. The fraction of sp³-hybridized carbons (Fsp3) is 1.00. The van der Waals surface area contributed by atoms with Gasteiger partial charge in [0.1, 0.15) is 8.96 Å². The number of rotatable bonds is 7. The average Bonchev–Trinajstić information content (AvgIpc) is 2.09. The van der Waals surface area contributed by atoms with E-state index < -0.39 is 0 Å². The van der Waals surface area contributed by atoms with Crippen LogP contribution in [0.2, 0.25) is 13.1 Å². The van der Waals surface area contributed by atoms with Crippen molar-refractivity contribution < 1.29 is 0 Å². The zero-order chi connectivity index (χ0) is 12.9. The molecular weight excluding hydrogens is 244 g/mol. The van der Waals surface area contributed by atoms with Crippen molar-refractivity contribution in [2.45, 2.75) is 72.8 Å². The lowest BCUT2D eigenvalue weighted by Crippen LogP contribution is -2.52. The molecule has 16 heavy (non-hydrogen) atoms. The van der Waals surface area contributed by atoms with Crippen molar-refractivity contribution in [2.75, 3.05) is 0 Å². The molecule has 0 aromatic heterocycles. The highest BCUT2D eigenvalue weighted by atomic mass is 29.2. The minimum absolute atomic E-state index is 0.0209. The Hall–Kier alpha value is 0.571. The van der Waals surface area contributed by atoms with E-state index in [0.29, 0.717) is 0 Å². The Morgan fingerprint density at radius 2 is 1.19 bits per heavy atom. The number of hydrogen-bond donors (Lipinski definition) is 0. The number of nitrogens with zero attached hydrogens (tertiary/aromatic N) is 2. The molecule has 0 aromatic carbocycles. The Bertz CT molecular complexity index is 148. The summed E-state index contributed by atoms with van der Waals surface area (Å²) in [5.41, 5.74) is 0. The molecule has 0 saturated carbocycles. The number of hydrogen-bond acceptors (Lipinski definition) is 2. The molecule has 0 fully saturated rings. The fourth-order valence-corrected chi connectivity index (χ4v) is 18.1. The van der Waals surface area contributed by atoms with Crippen molar-refractivity contribution in [3.8, 4) is 0 Å². The molecule has 0 saturated heterocycles. The Kier molecular flexibility index (Phi) is 8.09. The first-order valence-electron chi connectivity index (χ1n) is 6.59. The Labute approximate surface area is 109 Å². The van der Waals surface area contributed by atoms with E-state index in [1.54, 1.807) is 0 Å². The van der Waals surface area contributed by atoms with Gasteiger partial charge in [-0.15, -0.1) is 0 Å². The van der Waals surface area contributed by atoms with Gasteiger partial charge in [0.2, 0.25) is 0 Å². The average molecular weight is 276 g/mol. The van der Waals surface area contributed by atoms with E-state index in [4.69, 9.17) is 0 Å². The van der Waals surface area contributed by atoms with Gasteiger partial charge in [-0.25, -0.2) is 0 Å². The maximum atomic E-state index is 2.87. The van der Waals surface area contributed by atoms with E-state index in [1.165, 1.54) is 0 Å². The van der Waals surface area contributed by atoms with E-state index in [0.717, 1.165) is 18.1 Å². The first kappa shape index (κ1) is 16.6. The van der Waals surface area contributed by atoms with Crippen LogP contribution in [0.4, 0.5) is 0 Å². The zero-order valence-corrected chi connectivity index (χ0v) is 16.4. The van der Waals surface area contributed by atoms with Crippen LogP contribution in [0.1, 0.15) is 41.5 Å². The second kappa shape index (κ2) is 7.81. The van der Waals surface area contributed by atoms with Crippen LogP contribution in [0.3, 0.4) is 0 Å². The first-order chi connectivity index (χ1) is 7.27. The van der Waals surface area contributed by atoms with Crippen LogP contribution >= 0.6 is 0 Å². The van der Waals surface area contributed by atoms with Crippen molar-refractivity contribution in [3.05, 3.63) is 0 Å². The molecule has 0 rings (SSSR count). The normalized spacial score (nSPS) is 14.6. The molecule has 0 aliphatic carbocycles. The molecule has 5 heteroatoms. The highest BCUT2D eigenvalue weighted by molar-refractivity contribution is 7.00. The van der Waals surface area contributed by atoms with Gasteiger partial charge in [-0.2, -0.15) is 0 Å². The summed E-state index contributed by atoms with van der Waals surface area (Å²) in [4.78, 5) is 0. The lowest BCUT2D eigenvalue weighted by atomic mass is 10.3. The van der Waals surface area contributed by atoms with Crippen LogP contribution in [0.15, 0.2) is 0 Å². The molecule has 0 aliphatic rings. The van der Waals surface area contributed by atoms with Crippen molar-refractivity contribution >= 4 is 27.4 Å². The quantitative estimate of drug-likeness (QED) is 0.643. The van der Waals surface area contributed by atoms with Crippen LogP contribution in [0.5, 0.6) is 0 Å². The van der Waals surface area contributed by atoms with Crippen molar-refractivity contribution in [2.24, 2.45) is 0 Å². The van der Waals surface area contributed by atoms with Gasteiger partial charge >= 0.3 is 0 Å². The van der Waals surface area contributed by atoms with E-state index in [9.17, 15) is 0 Å². The third-order valence-corrected chi connectivity index (χ3v) is 15.7. The molecule has 0 spiro atoms. The van der Waals surface area contributed by atoms with Gasteiger partial charge in [0, 0.05) is 0 Å². The predicted molar refractivity (Wildman–Crippen MR) is 83.7 cm³/mol. The van der Waals surface area contributed by atoms with E-state index in [1.807, 2.05) is 0 Å². The molecule has 2 nitrogen and oxygen atoms in total. The van der Waals surface area contributed by atoms with Crippen LogP contribution in [-0.2, 0) is 0 Å². The van der Waals surface area contributed by atoms with Crippen molar-refractivity contribution in [1.29, 1.82) is 0 Å². The van der Waals surface area contributed by atoms with Crippen molar-refractivity contribution in [3.63, 3.8) is 0 Å². The largest absolute Gasteiger partial charge is 0.350 e. The summed E-state index contributed by atoms with van der Waals surface area (Å²) in [5.74, 6) is 0. The molecular formula is C11H31N2Si3. The summed E-state index contributed by atoms with van der Waals surface area (Å²) in [6, 6.07) is 2.28. The third-order valence-electron chi connectivity index (χ3n) is 3.12. The molecule has 97 valence electrons. The summed E-state index contributed by atoms with van der Waals surface area (Å²) < 4.78 is 5.65. The van der Waals surface area contributed by atoms with Crippen molar-refractivity contribution in [1.82, 2.24) is 8.80 Å². The van der Waals surface area contributed by atoms with Gasteiger partial charge in [0.25, 0.3) is 0 Å². The second-order valence-electron chi connectivity index (χ2n) is 5.66. The molecule has 0 bridgehead atoms. The van der Waals surface area contributed by atoms with Gasteiger partial charge < -0.3 is 8.80 Å². The van der Waals surface area contributed by atoms with E-state index >= 15 is 0 Å². The molecule has 0 N–H and O–H groups in total. The highest BCUT2D eigenvalue weighted by Crippen LogP contribution is 2.05. The third kappa shape index (κ3) is 5.77. The molecule has 0 amide bonds. The van der Waals surface area contributed by atoms with Crippen LogP contribution in [0, 0.1) is 0 Å². The van der Waals surface area contributed by atoms with Gasteiger partial charge in [0.15, 0.2) is 0 Å². The molecule has 0 heterocycles. The van der Waals surface area contributed by atoms with E-state index in [-0.39, 0.29) is 27.4 Å². The molecule has 0 unspecified atom stereocenters. The molecule has 0 atom stereocenters. The Morgan fingerprint density at radius 3 is 1.44 bits per heavy atom. The monoisotopic (exact) mass is 275 g/mol. The summed E-state index contributed by atoms with van der Waals surface area (Å²) in [7, 11) is -0.154. The smallest absolute Gasteiger partial charge is 0.122 e. The minimum Gasteiger partial charge on any atom is -0.350 e. The molecule has 0 aromatic rings. The predicted octanol–water partition coefficient (Wildman–Crippen LogP) is 1.15. The Morgan fingerprint density at radius 1 is 0.750 bits per heavy atom. The summed E-state index contributed by atoms with van der Waals surface area (Å²) in [5, 5.41) is 0. The van der Waals surface area contributed by atoms with Crippen LogP contribution in [0.25, 0.3) is 0 Å². The SMILES string of the molecule is CC(C)N([SiH2][SiH2]N(C(C)C)[Si](C)C)C(C)C. The van der Waals surface area contributed by atoms with Crippen LogP contribution < -0.4 is 0 Å².